The number of aliphatic hydroxyl groups is 1. The average Bonchev–Trinajstić information content (AvgIpc) is 3.04. The lowest BCUT2D eigenvalue weighted by Crippen LogP contribution is -2.07. The normalized spacial score (nSPS) is 12.1. The first-order valence-corrected chi connectivity index (χ1v) is 8.82. The number of halogens is 2. The van der Waals surface area contributed by atoms with Crippen molar-refractivity contribution in [1.29, 1.82) is 5.26 Å². The third-order valence-corrected chi connectivity index (χ3v) is 4.41. The first kappa shape index (κ1) is 20.1. The Bertz CT molecular complexity index is 1190. The summed E-state index contributed by atoms with van der Waals surface area (Å²) in [4.78, 5) is 16.2. The maximum Gasteiger partial charge on any atom is 0.331 e. The molecule has 0 atom stereocenters. The second-order valence-electron chi connectivity index (χ2n) is 6.03. The number of para-hydroxylation sites is 2. The molecule has 0 radical (unpaired) electrons. The summed E-state index contributed by atoms with van der Waals surface area (Å²) in [6, 6.07) is 13.2. The summed E-state index contributed by atoms with van der Waals surface area (Å²) in [5.74, 6) is -1.47. The van der Waals surface area contributed by atoms with E-state index in [2.05, 4.69) is 4.98 Å². The van der Waals surface area contributed by atoms with Gasteiger partial charge in [0.1, 0.15) is 24.1 Å². The summed E-state index contributed by atoms with van der Waals surface area (Å²) >= 11 is 5.68. The summed E-state index contributed by atoms with van der Waals surface area (Å²) in [7, 11) is 1.72. The number of imidazole rings is 1. The summed E-state index contributed by atoms with van der Waals surface area (Å²) in [5, 5.41) is 19.6. The van der Waals surface area contributed by atoms with E-state index in [1.165, 1.54) is 24.3 Å². The van der Waals surface area contributed by atoms with Crippen LogP contribution in [0.2, 0.25) is 5.02 Å². The molecular weight excluding hydrogens is 397 g/mol. The molecule has 0 bridgehead atoms. The topological polar surface area (TPSA) is 88.1 Å². The number of aliphatic hydroxyl groups excluding tert-OH is 1. The number of fused-ring (bicyclic) bond motifs is 1. The number of rotatable bonds is 5. The zero-order valence-corrected chi connectivity index (χ0v) is 16.0. The minimum absolute atomic E-state index is 0.0674. The van der Waals surface area contributed by atoms with E-state index in [1.807, 2.05) is 24.3 Å². The number of benzene rings is 2. The Balaban J connectivity index is 1.73. The Morgan fingerprint density at radius 2 is 2.14 bits per heavy atom. The molecule has 3 rings (SSSR count). The van der Waals surface area contributed by atoms with Gasteiger partial charge in [0.15, 0.2) is 11.6 Å². The zero-order valence-electron chi connectivity index (χ0n) is 15.3. The van der Waals surface area contributed by atoms with Crippen molar-refractivity contribution in [3.8, 4) is 6.07 Å². The fraction of sp³-hybridized carbons (Fsp3) is 0.0952. The standard InChI is InChI=1S/C21H15ClFN3O3/c1-26-18-5-3-2-4-17(18)25-21(26)14(11-24)19(27)12-29-20(28)9-7-13-6-8-16(23)15(22)10-13/h2-10,27H,12H2,1H3/b9-7+,19-14-. The summed E-state index contributed by atoms with van der Waals surface area (Å²) in [5.41, 5.74) is 1.88. The Labute approximate surface area is 170 Å². The van der Waals surface area contributed by atoms with Gasteiger partial charge in [0.25, 0.3) is 0 Å². The van der Waals surface area contributed by atoms with E-state index < -0.39 is 24.2 Å². The highest BCUT2D eigenvalue weighted by Gasteiger charge is 2.17. The number of hydrogen-bond donors (Lipinski definition) is 1. The maximum absolute atomic E-state index is 13.1. The molecular formula is C21H15ClFN3O3. The lowest BCUT2D eigenvalue weighted by Gasteiger charge is -2.05. The van der Waals surface area contributed by atoms with Gasteiger partial charge in [-0.25, -0.2) is 14.2 Å². The summed E-state index contributed by atoms with van der Waals surface area (Å²) in [6.45, 7) is -0.501. The SMILES string of the molecule is Cn1c(/C(C#N)=C(\O)COC(=O)/C=C/c2ccc(F)c(Cl)c2)nc2ccccc21. The van der Waals surface area contributed by atoms with Gasteiger partial charge in [-0.05, 0) is 35.9 Å². The molecule has 2 aromatic carbocycles. The predicted octanol–water partition coefficient (Wildman–Crippen LogP) is 4.42. The first-order chi connectivity index (χ1) is 13.9. The zero-order chi connectivity index (χ0) is 21.0. The van der Waals surface area contributed by atoms with Crippen molar-refractivity contribution >= 4 is 40.3 Å². The molecule has 0 amide bonds. The molecule has 1 aromatic heterocycles. The van der Waals surface area contributed by atoms with Gasteiger partial charge in [-0.3, -0.25) is 0 Å². The fourth-order valence-electron chi connectivity index (χ4n) is 2.65. The van der Waals surface area contributed by atoms with E-state index >= 15 is 0 Å². The quantitative estimate of drug-likeness (QED) is 0.290. The van der Waals surface area contributed by atoms with Crippen molar-refractivity contribution in [3.05, 3.63) is 76.5 Å². The molecule has 0 aliphatic rings. The molecule has 0 saturated heterocycles. The van der Waals surface area contributed by atoms with E-state index in [0.717, 1.165) is 11.6 Å². The largest absolute Gasteiger partial charge is 0.507 e. The van der Waals surface area contributed by atoms with Crippen LogP contribution in [0.3, 0.4) is 0 Å². The highest BCUT2D eigenvalue weighted by atomic mass is 35.5. The number of hydrogen-bond acceptors (Lipinski definition) is 5. The van der Waals surface area contributed by atoms with Crippen LogP contribution >= 0.6 is 11.6 Å². The van der Waals surface area contributed by atoms with Crippen LogP contribution in [0.15, 0.2) is 54.3 Å². The number of carbonyl (C=O) groups excluding carboxylic acids is 1. The van der Waals surface area contributed by atoms with Crippen molar-refractivity contribution in [2.45, 2.75) is 0 Å². The van der Waals surface area contributed by atoms with Gasteiger partial charge < -0.3 is 14.4 Å². The van der Waals surface area contributed by atoms with E-state index in [0.29, 0.717) is 11.1 Å². The molecule has 0 unspecified atom stereocenters. The van der Waals surface area contributed by atoms with Crippen LogP contribution in [-0.4, -0.2) is 27.2 Å². The molecule has 6 nitrogen and oxygen atoms in total. The van der Waals surface area contributed by atoms with Crippen molar-refractivity contribution in [2.24, 2.45) is 7.05 Å². The van der Waals surface area contributed by atoms with Crippen LogP contribution in [0.4, 0.5) is 4.39 Å². The minimum Gasteiger partial charge on any atom is -0.507 e. The number of esters is 1. The number of aromatic nitrogens is 2. The molecule has 1 heterocycles. The van der Waals surface area contributed by atoms with Crippen LogP contribution in [0.5, 0.6) is 0 Å². The summed E-state index contributed by atoms with van der Waals surface area (Å²) < 4.78 is 19.8. The molecule has 0 saturated carbocycles. The van der Waals surface area contributed by atoms with Crippen molar-refractivity contribution in [3.63, 3.8) is 0 Å². The van der Waals surface area contributed by atoms with Gasteiger partial charge in [-0.1, -0.05) is 29.8 Å². The van der Waals surface area contributed by atoms with Crippen LogP contribution in [-0.2, 0) is 16.6 Å². The maximum atomic E-state index is 13.1. The molecule has 0 spiro atoms. The number of allylic oxidation sites excluding steroid dienone is 1. The first-order valence-electron chi connectivity index (χ1n) is 8.44. The molecule has 0 aliphatic carbocycles. The van der Waals surface area contributed by atoms with Crippen molar-refractivity contribution in [2.75, 3.05) is 6.61 Å². The van der Waals surface area contributed by atoms with Gasteiger partial charge in [-0.15, -0.1) is 0 Å². The number of aryl methyl sites for hydroxylation is 1. The molecule has 1 N–H and O–H groups in total. The predicted molar refractivity (Wildman–Crippen MR) is 107 cm³/mol. The third-order valence-electron chi connectivity index (χ3n) is 4.12. The molecule has 0 aliphatic heterocycles. The van der Waals surface area contributed by atoms with Crippen molar-refractivity contribution in [1.82, 2.24) is 9.55 Å². The smallest absolute Gasteiger partial charge is 0.331 e. The Morgan fingerprint density at radius 3 is 2.83 bits per heavy atom. The number of nitrogens with zero attached hydrogens (tertiary/aromatic N) is 3. The Morgan fingerprint density at radius 1 is 1.38 bits per heavy atom. The number of nitriles is 1. The van der Waals surface area contributed by atoms with E-state index in [9.17, 15) is 19.6 Å². The van der Waals surface area contributed by atoms with Gasteiger partial charge in [-0.2, -0.15) is 5.26 Å². The lowest BCUT2D eigenvalue weighted by atomic mass is 10.2. The molecule has 146 valence electrons. The van der Waals surface area contributed by atoms with Gasteiger partial charge in [0.2, 0.25) is 0 Å². The van der Waals surface area contributed by atoms with Crippen LogP contribution in [0, 0.1) is 17.1 Å². The Kier molecular flexibility index (Phi) is 5.96. The van der Waals surface area contributed by atoms with Crippen molar-refractivity contribution < 1.29 is 19.0 Å². The van der Waals surface area contributed by atoms with Crippen LogP contribution in [0.25, 0.3) is 22.7 Å². The molecule has 0 fully saturated rings. The van der Waals surface area contributed by atoms with Gasteiger partial charge >= 0.3 is 5.97 Å². The molecule has 29 heavy (non-hydrogen) atoms. The van der Waals surface area contributed by atoms with Crippen LogP contribution < -0.4 is 0 Å². The Hall–Kier alpha value is -3.63. The number of ether oxygens (including phenoxy) is 1. The van der Waals surface area contributed by atoms with Gasteiger partial charge in [0.05, 0.1) is 16.1 Å². The van der Waals surface area contributed by atoms with E-state index in [1.54, 1.807) is 17.7 Å². The highest BCUT2D eigenvalue weighted by molar-refractivity contribution is 6.30. The van der Waals surface area contributed by atoms with Gasteiger partial charge in [0, 0.05) is 13.1 Å². The van der Waals surface area contributed by atoms with E-state index in [4.69, 9.17) is 16.3 Å². The highest BCUT2D eigenvalue weighted by Crippen LogP contribution is 2.22. The molecule has 8 heteroatoms. The monoisotopic (exact) mass is 411 g/mol. The second-order valence-corrected chi connectivity index (χ2v) is 6.44. The fourth-order valence-corrected chi connectivity index (χ4v) is 2.84. The number of carbonyl (C=O) groups is 1. The minimum atomic E-state index is -0.751. The molecule has 3 aromatic rings. The second kappa shape index (κ2) is 8.59. The van der Waals surface area contributed by atoms with Crippen LogP contribution in [0.1, 0.15) is 11.4 Å². The van der Waals surface area contributed by atoms with E-state index in [-0.39, 0.29) is 16.4 Å². The average molecular weight is 412 g/mol. The third kappa shape index (κ3) is 4.45. The lowest BCUT2D eigenvalue weighted by molar-refractivity contribution is -0.137. The summed E-state index contributed by atoms with van der Waals surface area (Å²) in [6.07, 6.45) is 2.50.